The van der Waals surface area contributed by atoms with E-state index in [1.807, 2.05) is 11.0 Å². The number of hydrogen-bond acceptors (Lipinski definition) is 5. The number of para-hydroxylation sites is 1. The number of amides is 1. The SMILES string of the molecule is N#Cc1ccccc1OCC(=O)OCC(=O)N1CCC[C@@H]2CCCC[C@H]21. The van der Waals surface area contributed by atoms with Gasteiger partial charge in [0.15, 0.2) is 13.2 Å². The molecule has 138 valence electrons. The van der Waals surface area contributed by atoms with E-state index < -0.39 is 5.97 Å². The van der Waals surface area contributed by atoms with Crippen LogP contribution in [0.1, 0.15) is 44.1 Å². The molecule has 1 amide bonds. The first-order valence-electron chi connectivity index (χ1n) is 9.26. The van der Waals surface area contributed by atoms with E-state index in [1.165, 1.54) is 19.3 Å². The molecule has 2 fully saturated rings. The minimum atomic E-state index is -0.608. The van der Waals surface area contributed by atoms with Crippen molar-refractivity contribution in [3.8, 4) is 11.8 Å². The van der Waals surface area contributed by atoms with Gasteiger partial charge >= 0.3 is 5.97 Å². The third kappa shape index (κ3) is 4.34. The Hall–Kier alpha value is -2.55. The third-order valence-electron chi connectivity index (χ3n) is 5.27. The second-order valence-corrected chi connectivity index (χ2v) is 6.90. The normalized spacial score (nSPS) is 22.0. The molecule has 0 aromatic heterocycles. The molecule has 0 radical (unpaired) electrons. The van der Waals surface area contributed by atoms with Crippen molar-refractivity contribution in [1.29, 1.82) is 5.26 Å². The number of hydrogen-bond donors (Lipinski definition) is 0. The van der Waals surface area contributed by atoms with Crippen molar-refractivity contribution in [2.24, 2.45) is 5.92 Å². The summed E-state index contributed by atoms with van der Waals surface area (Å²) in [6.07, 6.45) is 6.88. The minimum Gasteiger partial charge on any atom is -0.481 e. The van der Waals surface area contributed by atoms with Crippen LogP contribution in [0.5, 0.6) is 5.75 Å². The van der Waals surface area contributed by atoms with Crippen LogP contribution in [0.25, 0.3) is 0 Å². The van der Waals surface area contributed by atoms with Gasteiger partial charge in [0.2, 0.25) is 0 Å². The smallest absolute Gasteiger partial charge is 0.344 e. The number of benzene rings is 1. The largest absolute Gasteiger partial charge is 0.481 e. The third-order valence-corrected chi connectivity index (χ3v) is 5.27. The van der Waals surface area contributed by atoms with Crippen molar-refractivity contribution >= 4 is 11.9 Å². The van der Waals surface area contributed by atoms with E-state index in [0.29, 0.717) is 23.3 Å². The first-order valence-corrected chi connectivity index (χ1v) is 9.26. The number of carbonyl (C=O) groups excluding carboxylic acids is 2. The van der Waals surface area contributed by atoms with Crippen LogP contribution < -0.4 is 4.74 Å². The maximum absolute atomic E-state index is 12.5. The molecule has 6 nitrogen and oxygen atoms in total. The Morgan fingerprint density at radius 2 is 1.88 bits per heavy atom. The highest BCUT2D eigenvalue weighted by atomic mass is 16.6. The summed E-state index contributed by atoms with van der Waals surface area (Å²) in [5, 5.41) is 9.00. The molecular weight excluding hydrogens is 332 g/mol. The van der Waals surface area contributed by atoms with E-state index in [0.717, 1.165) is 25.8 Å². The van der Waals surface area contributed by atoms with Crippen LogP contribution in [-0.2, 0) is 14.3 Å². The number of ether oxygens (including phenoxy) is 2. The van der Waals surface area contributed by atoms with E-state index in [-0.39, 0.29) is 19.1 Å². The number of nitriles is 1. The number of likely N-dealkylation sites (tertiary alicyclic amines) is 1. The Bertz CT molecular complexity index is 695. The average Bonchev–Trinajstić information content (AvgIpc) is 2.70. The molecule has 0 spiro atoms. The maximum atomic E-state index is 12.5. The van der Waals surface area contributed by atoms with Gasteiger partial charge in [0.25, 0.3) is 5.91 Å². The maximum Gasteiger partial charge on any atom is 0.344 e. The van der Waals surface area contributed by atoms with Crippen molar-refractivity contribution in [2.45, 2.75) is 44.6 Å². The molecule has 2 atom stereocenters. The number of fused-ring (bicyclic) bond motifs is 1. The summed E-state index contributed by atoms with van der Waals surface area (Å²) in [6, 6.07) is 8.99. The Balaban J connectivity index is 1.46. The molecule has 6 heteroatoms. The first-order chi connectivity index (χ1) is 12.7. The topological polar surface area (TPSA) is 79.6 Å². The number of esters is 1. The Morgan fingerprint density at radius 3 is 2.73 bits per heavy atom. The van der Waals surface area contributed by atoms with Gasteiger partial charge in [0.1, 0.15) is 11.8 Å². The lowest BCUT2D eigenvalue weighted by Gasteiger charge is -2.44. The molecule has 1 saturated carbocycles. The molecule has 1 aromatic rings. The van der Waals surface area contributed by atoms with E-state index in [2.05, 4.69) is 0 Å². The van der Waals surface area contributed by atoms with Crippen LogP contribution in [0.2, 0.25) is 0 Å². The van der Waals surface area contributed by atoms with E-state index in [4.69, 9.17) is 14.7 Å². The van der Waals surface area contributed by atoms with E-state index >= 15 is 0 Å². The zero-order valence-electron chi connectivity index (χ0n) is 14.9. The highest BCUT2D eigenvalue weighted by Gasteiger charge is 2.35. The molecule has 0 N–H and O–H groups in total. The first kappa shape index (κ1) is 18.2. The van der Waals surface area contributed by atoms with Gasteiger partial charge in [-0.3, -0.25) is 4.79 Å². The summed E-state index contributed by atoms with van der Waals surface area (Å²) in [5.41, 5.74) is 0.355. The number of piperidine rings is 1. The molecule has 26 heavy (non-hydrogen) atoms. The summed E-state index contributed by atoms with van der Waals surface area (Å²) < 4.78 is 10.4. The highest BCUT2D eigenvalue weighted by molar-refractivity contribution is 5.81. The van der Waals surface area contributed by atoms with Crippen molar-refractivity contribution in [2.75, 3.05) is 19.8 Å². The van der Waals surface area contributed by atoms with Crippen LogP contribution in [0.15, 0.2) is 24.3 Å². The molecule has 1 saturated heterocycles. The molecule has 0 bridgehead atoms. The summed E-state index contributed by atoms with van der Waals surface area (Å²) in [5.74, 6) is 0.206. The molecule has 1 aromatic carbocycles. The fourth-order valence-corrected chi connectivity index (χ4v) is 4.02. The van der Waals surface area contributed by atoms with Crippen LogP contribution in [0, 0.1) is 17.2 Å². The summed E-state index contributed by atoms with van der Waals surface area (Å²) in [7, 11) is 0. The highest BCUT2D eigenvalue weighted by Crippen LogP contribution is 2.35. The Kier molecular flexibility index (Phi) is 6.11. The predicted molar refractivity (Wildman–Crippen MR) is 94.3 cm³/mol. The van der Waals surface area contributed by atoms with Crippen LogP contribution in [0.3, 0.4) is 0 Å². The Morgan fingerprint density at radius 1 is 1.12 bits per heavy atom. The average molecular weight is 356 g/mol. The van der Waals surface area contributed by atoms with Crippen LogP contribution in [0.4, 0.5) is 0 Å². The van der Waals surface area contributed by atoms with Gasteiger partial charge in [-0.25, -0.2) is 4.79 Å². The molecule has 1 heterocycles. The second kappa shape index (κ2) is 8.70. The lowest BCUT2D eigenvalue weighted by Crippen LogP contribution is -2.51. The van der Waals surface area contributed by atoms with Crippen molar-refractivity contribution in [3.05, 3.63) is 29.8 Å². The number of carbonyl (C=O) groups is 2. The lowest BCUT2D eigenvalue weighted by atomic mass is 9.78. The van der Waals surface area contributed by atoms with E-state index in [1.54, 1.807) is 24.3 Å². The van der Waals surface area contributed by atoms with E-state index in [9.17, 15) is 9.59 Å². The van der Waals surface area contributed by atoms with Crippen LogP contribution >= 0.6 is 0 Å². The molecule has 2 aliphatic rings. The van der Waals surface area contributed by atoms with Gasteiger partial charge in [0.05, 0.1) is 5.56 Å². The van der Waals surface area contributed by atoms with Gasteiger partial charge < -0.3 is 14.4 Å². The summed E-state index contributed by atoms with van der Waals surface area (Å²) in [6.45, 7) is 0.187. The lowest BCUT2D eigenvalue weighted by molar-refractivity contribution is -0.156. The fraction of sp³-hybridized carbons (Fsp3) is 0.550. The number of nitrogens with zero attached hydrogens (tertiary/aromatic N) is 2. The molecule has 0 unspecified atom stereocenters. The second-order valence-electron chi connectivity index (χ2n) is 6.90. The predicted octanol–water partition coefficient (Wildman–Crippen LogP) is 2.66. The van der Waals surface area contributed by atoms with Gasteiger partial charge in [-0.2, -0.15) is 5.26 Å². The zero-order chi connectivity index (χ0) is 18.4. The molecule has 1 aliphatic heterocycles. The van der Waals surface area contributed by atoms with Gasteiger partial charge in [-0.15, -0.1) is 0 Å². The molecular formula is C20H24N2O4. The minimum absolute atomic E-state index is 0.118. The summed E-state index contributed by atoms with van der Waals surface area (Å²) >= 11 is 0. The number of rotatable bonds is 5. The zero-order valence-corrected chi connectivity index (χ0v) is 14.9. The van der Waals surface area contributed by atoms with Gasteiger partial charge in [-0.05, 0) is 43.7 Å². The Labute approximate surface area is 153 Å². The quantitative estimate of drug-likeness (QED) is 0.758. The monoisotopic (exact) mass is 356 g/mol. The summed E-state index contributed by atoms with van der Waals surface area (Å²) in [4.78, 5) is 26.3. The van der Waals surface area contributed by atoms with Crippen molar-refractivity contribution in [1.82, 2.24) is 4.90 Å². The molecule has 1 aliphatic carbocycles. The standard InChI is InChI=1S/C20H24N2O4/c21-12-16-7-2-4-10-18(16)25-14-20(24)26-13-19(23)22-11-5-8-15-6-1-3-9-17(15)22/h2,4,7,10,15,17H,1,3,5-6,8-9,11,13-14H2/t15-,17+/m0/s1. The van der Waals surface area contributed by atoms with Gasteiger partial charge in [0, 0.05) is 12.6 Å². The fourth-order valence-electron chi connectivity index (χ4n) is 4.02. The van der Waals surface area contributed by atoms with Crippen molar-refractivity contribution in [3.63, 3.8) is 0 Å². The molecule has 3 rings (SSSR count). The van der Waals surface area contributed by atoms with Crippen molar-refractivity contribution < 1.29 is 19.1 Å². The van der Waals surface area contributed by atoms with Crippen LogP contribution in [-0.4, -0.2) is 42.6 Å². The van der Waals surface area contributed by atoms with Gasteiger partial charge in [-0.1, -0.05) is 25.0 Å².